The van der Waals surface area contributed by atoms with Gasteiger partial charge < -0.3 is 10.3 Å². The van der Waals surface area contributed by atoms with Gasteiger partial charge in [0, 0.05) is 23.0 Å². The van der Waals surface area contributed by atoms with Gasteiger partial charge in [0.2, 0.25) is 0 Å². The molecule has 1 atom stereocenters. The van der Waals surface area contributed by atoms with Crippen LogP contribution in [0.5, 0.6) is 0 Å². The third-order valence-corrected chi connectivity index (χ3v) is 5.56. The van der Waals surface area contributed by atoms with E-state index in [-0.39, 0.29) is 6.61 Å². The summed E-state index contributed by atoms with van der Waals surface area (Å²) in [4.78, 5) is 20.8. The van der Waals surface area contributed by atoms with Gasteiger partial charge in [0.15, 0.2) is 0 Å². The second-order valence-corrected chi connectivity index (χ2v) is 7.24. The van der Waals surface area contributed by atoms with Crippen LogP contribution in [-0.4, -0.2) is 24.0 Å². The number of halogens is 1. The molecule has 1 aromatic heterocycles. The van der Waals surface area contributed by atoms with Gasteiger partial charge in [0.05, 0.1) is 11.3 Å². The summed E-state index contributed by atoms with van der Waals surface area (Å²) in [7, 11) is 0. The van der Waals surface area contributed by atoms with Crippen LogP contribution in [0.2, 0.25) is 0 Å². The lowest BCUT2D eigenvalue weighted by molar-refractivity contribution is 0.0255. The van der Waals surface area contributed by atoms with Gasteiger partial charge in [-0.05, 0) is 48.6 Å². The first kappa shape index (κ1) is 16.5. The topological polar surface area (TPSA) is 66.2 Å². The molecule has 5 rings (SSSR count). The Hall–Kier alpha value is -2.70. The Morgan fingerprint density at radius 2 is 2.00 bits per heavy atom. The molecule has 6 heteroatoms. The van der Waals surface area contributed by atoms with E-state index in [1.165, 1.54) is 30.5 Å². The standard InChI is InChI=1S/C21H20FN3O2/c22-15-8-16-19-17(11-27-25-21(16)26)20(24-18(19)9-15)13-5-3-12(4-6-13)14-2-1-7-23-10-14/h3-6,8-9,14,23-24H,1-2,7,10-11H2,(H,25,26)/t14-/m0/s1. The van der Waals surface area contributed by atoms with E-state index < -0.39 is 11.7 Å². The fourth-order valence-electron chi connectivity index (χ4n) is 4.22. The molecule has 27 heavy (non-hydrogen) atoms. The highest BCUT2D eigenvalue weighted by molar-refractivity contribution is 6.09. The number of benzene rings is 2. The molecule has 2 aliphatic heterocycles. The Balaban J connectivity index is 1.59. The van der Waals surface area contributed by atoms with Crippen molar-refractivity contribution < 1.29 is 14.0 Å². The number of H-pyrrole nitrogens is 1. The number of carbonyl (C=O) groups excluding carboxylic acids is 1. The average Bonchev–Trinajstić information content (AvgIpc) is 2.97. The summed E-state index contributed by atoms with van der Waals surface area (Å²) in [5, 5.41) is 4.17. The predicted octanol–water partition coefficient (Wildman–Crippen LogP) is 3.62. The molecule has 3 N–H and O–H groups in total. The highest BCUT2D eigenvalue weighted by Gasteiger charge is 2.24. The van der Waals surface area contributed by atoms with E-state index in [9.17, 15) is 9.18 Å². The van der Waals surface area contributed by atoms with Gasteiger partial charge in [-0.2, -0.15) is 0 Å². The Bertz CT molecular complexity index is 1020. The summed E-state index contributed by atoms with van der Waals surface area (Å²) >= 11 is 0. The number of piperidine rings is 1. The zero-order valence-corrected chi connectivity index (χ0v) is 14.8. The van der Waals surface area contributed by atoms with E-state index >= 15 is 0 Å². The molecule has 3 heterocycles. The highest BCUT2D eigenvalue weighted by atomic mass is 19.1. The SMILES string of the molecule is O=C1NOCc2c(-c3ccc([C@H]4CCCNC4)cc3)[nH]c3cc(F)cc1c23. The molecule has 0 saturated carbocycles. The number of amides is 1. The average molecular weight is 365 g/mol. The van der Waals surface area contributed by atoms with Crippen molar-refractivity contribution in [3.05, 3.63) is 58.9 Å². The number of aromatic nitrogens is 1. The van der Waals surface area contributed by atoms with E-state index in [1.807, 2.05) is 0 Å². The van der Waals surface area contributed by atoms with Crippen LogP contribution in [0.15, 0.2) is 36.4 Å². The van der Waals surface area contributed by atoms with Crippen molar-refractivity contribution >= 4 is 16.8 Å². The van der Waals surface area contributed by atoms with Crippen LogP contribution >= 0.6 is 0 Å². The van der Waals surface area contributed by atoms with Gasteiger partial charge in [0.1, 0.15) is 12.4 Å². The van der Waals surface area contributed by atoms with Gasteiger partial charge in [-0.1, -0.05) is 24.3 Å². The lowest BCUT2D eigenvalue weighted by Gasteiger charge is -2.23. The van der Waals surface area contributed by atoms with Crippen molar-refractivity contribution in [3.8, 4) is 11.3 Å². The van der Waals surface area contributed by atoms with Gasteiger partial charge >= 0.3 is 0 Å². The number of hydroxylamine groups is 1. The molecular formula is C21H20FN3O2. The molecule has 2 aromatic carbocycles. The number of rotatable bonds is 2. The Kier molecular flexibility index (Phi) is 3.95. The summed E-state index contributed by atoms with van der Waals surface area (Å²) in [5.74, 6) is -0.332. The van der Waals surface area contributed by atoms with Gasteiger partial charge in [-0.3, -0.25) is 9.63 Å². The first-order valence-corrected chi connectivity index (χ1v) is 9.28. The molecule has 1 saturated heterocycles. The molecule has 1 fully saturated rings. The lowest BCUT2D eigenvalue weighted by Crippen LogP contribution is -2.28. The fraction of sp³-hybridized carbons (Fsp3) is 0.286. The fourth-order valence-corrected chi connectivity index (χ4v) is 4.22. The second-order valence-electron chi connectivity index (χ2n) is 7.24. The zero-order chi connectivity index (χ0) is 18.4. The molecule has 0 radical (unpaired) electrons. The molecule has 138 valence electrons. The first-order chi connectivity index (χ1) is 13.2. The van der Waals surface area contributed by atoms with E-state index in [2.05, 4.69) is 40.0 Å². The van der Waals surface area contributed by atoms with Crippen molar-refractivity contribution in [2.45, 2.75) is 25.4 Å². The van der Waals surface area contributed by atoms with E-state index in [1.54, 1.807) is 0 Å². The Morgan fingerprint density at radius 3 is 2.78 bits per heavy atom. The van der Waals surface area contributed by atoms with Crippen LogP contribution < -0.4 is 10.8 Å². The van der Waals surface area contributed by atoms with E-state index in [0.29, 0.717) is 17.0 Å². The van der Waals surface area contributed by atoms with Crippen LogP contribution in [-0.2, 0) is 11.4 Å². The second kappa shape index (κ2) is 6.48. The number of aromatic amines is 1. The van der Waals surface area contributed by atoms with Crippen LogP contribution in [0, 0.1) is 5.82 Å². The minimum Gasteiger partial charge on any atom is -0.354 e. The predicted molar refractivity (Wildman–Crippen MR) is 101 cm³/mol. The van der Waals surface area contributed by atoms with Crippen molar-refractivity contribution in [1.29, 1.82) is 0 Å². The van der Waals surface area contributed by atoms with Crippen LogP contribution in [0.4, 0.5) is 4.39 Å². The van der Waals surface area contributed by atoms with Gasteiger partial charge in [0.25, 0.3) is 5.91 Å². The monoisotopic (exact) mass is 365 g/mol. The summed E-state index contributed by atoms with van der Waals surface area (Å²) in [6, 6.07) is 11.2. The third kappa shape index (κ3) is 2.81. The molecule has 1 amide bonds. The minimum atomic E-state index is -0.450. The minimum absolute atomic E-state index is 0.230. The Labute approximate surface area is 155 Å². The van der Waals surface area contributed by atoms with Crippen molar-refractivity contribution in [2.75, 3.05) is 13.1 Å². The maximum atomic E-state index is 14.0. The summed E-state index contributed by atoms with van der Waals surface area (Å²) in [6.45, 7) is 2.34. The molecule has 3 aromatic rings. The lowest BCUT2D eigenvalue weighted by atomic mass is 9.90. The number of carbonyl (C=O) groups is 1. The van der Waals surface area contributed by atoms with Crippen molar-refractivity contribution in [2.24, 2.45) is 0 Å². The first-order valence-electron chi connectivity index (χ1n) is 9.28. The van der Waals surface area contributed by atoms with Crippen molar-refractivity contribution in [3.63, 3.8) is 0 Å². The molecule has 2 aliphatic rings. The van der Waals surface area contributed by atoms with Crippen LogP contribution in [0.1, 0.15) is 40.2 Å². The Morgan fingerprint density at radius 1 is 1.15 bits per heavy atom. The molecule has 5 nitrogen and oxygen atoms in total. The quantitative estimate of drug-likeness (QED) is 0.650. The molecular weight excluding hydrogens is 345 g/mol. The molecule has 0 spiro atoms. The van der Waals surface area contributed by atoms with Gasteiger partial charge in [-0.15, -0.1) is 0 Å². The number of nitrogens with one attached hydrogen (secondary N) is 3. The van der Waals surface area contributed by atoms with E-state index in [0.717, 1.165) is 35.3 Å². The van der Waals surface area contributed by atoms with Crippen molar-refractivity contribution in [1.82, 2.24) is 15.8 Å². The molecule has 0 aliphatic carbocycles. The largest absolute Gasteiger partial charge is 0.354 e. The molecule has 0 bridgehead atoms. The van der Waals surface area contributed by atoms with Crippen LogP contribution in [0.25, 0.3) is 22.2 Å². The normalized spacial score (nSPS) is 19.7. The highest BCUT2D eigenvalue weighted by Crippen LogP contribution is 2.35. The number of hydrogen-bond donors (Lipinski definition) is 3. The van der Waals surface area contributed by atoms with E-state index in [4.69, 9.17) is 4.84 Å². The van der Waals surface area contributed by atoms with Crippen LogP contribution in [0.3, 0.4) is 0 Å². The summed E-state index contributed by atoms with van der Waals surface area (Å²) in [5.41, 5.74) is 7.33. The zero-order valence-electron chi connectivity index (χ0n) is 14.8. The number of hydrogen-bond acceptors (Lipinski definition) is 3. The maximum Gasteiger partial charge on any atom is 0.275 e. The molecule has 0 unspecified atom stereocenters. The maximum absolute atomic E-state index is 14.0. The third-order valence-electron chi connectivity index (χ3n) is 5.56. The smallest absolute Gasteiger partial charge is 0.275 e. The summed E-state index contributed by atoms with van der Waals surface area (Å²) in [6.07, 6.45) is 2.40. The van der Waals surface area contributed by atoms with Gasteiger partial charge in [-0.25, -0.2) is 9.87 Å². The summed E-state index contributed by atoms with van der Waals surface area (Å²) < 4.78 is 14.0.